The minimum atomic E-state index is -0.610. The number of fused-ring (bicyclic) bond motifs is 1. The van der Waals surface area contributed by atoms with Crippen molar-refractivity contribution in [1.29, 1.82) is 0 Å². The smallest absolute Gasteiger partial charge is 0.219 e. The molecule has 38 heavy (non-hydrogen) atoms. The van der Waals surface area contributed by atoms with Crippen LogP contribution < -0.4 is 15.1 Å². The summed E-state index contributed by atoms with van der Waals surface area (Å²) in [5, 5.41) is 9.55. The van der Waals surface area contributed by atoms with Crippen LogP contribution in [0.1, 0.15) is 48.7 Å². The molecule has 198 valence electrons. The van der Waals surface area contributed by atoms with Crippen LogP contribution in [0, 0.1) is 5.82 Å². The highest BCUT2D eigenvalue weighted by molar-refractivity contribution is 6.08. The number of aromatic nitrogens is 1. The van der Waals surface area contributed by atoms with Crippen molar-refractivity contribution < 1.29 is 23.8 Å². The summed E-state index contributed by atoms with van der Waals surface area (Å²) in [6.07, 6.45) is 6.19. The first kappa shape index (κ1) is 25.5. The van der Waals surface area contributed by atoms with E-state index < -0.39 is 17.0 Å². The molecule has 1 saturated carbocycles. The topological polar surface area (TPSA) is 92.1 Å². The minimum absolute atomic E-state index is 0.0256. The molecule has 0 spiro atoms. The van der Waals surface area contributed by atoms with Crippen LogP contribution in [0.4, 0.5) is 10.1 Å². The number of ether oxygens (including phenoxy) is 1. The largest absolute Gasteiger partial charge is 0.508 e. The molecule has 1 amide bonds. The molecule has 1 atom stereocenters. The maximum absolute atomic E-state index is 15.7. The Morgan fingerprint density at radius 1 is 1.16 bits per heavy atom. The summed E-state index contributed by atoms with van der Waals surface area (Å²) in [6.45, 7) is 4.74. The number of methoxy groups -OCH3 is 1. The molecule has 2 heterocycles. The normalized spacial score (nSPS) is 17.8. The maximum Gasteiger partial charge on any atom is 0.219 e. The van der Waals surface area contributed by atoms with E-state index in [1.54, 1.807) is 29.3 Å². The molecule has 2 aliphatic rings. The van der Waals surface area contributed by atoms with E-state index in [2.05, 4.69) is 0 Å². The van der Waals surface area contributed by atoms with Gasteiger partial charge in [0, 0.05) is 44.8 Å². The molecule has 0 bridgehead atoms. The van der Waals surface area contributed by atoms with Gasteiger partial charge in [-0.3, -0.25) is 14.4 Å². The average molecular weight is 520 g/mol. The summed E-state index contributed by atoms with van der Waals surface area (Å²) in [7, 11) is 1.45. The van der Waals surface area contributed by atoms with Gasteiger partial charge in [-0.15, -0.1) is 0 Å². The van der Waals surface area contributed by atoms with Gasteiger partial charge in [0.1, 0.15) is 11.4 Å². The van der Waals surface area contributed by atoms with Crippen molar-refractivity contribution in [2.24, 2.45) is 0 Å². The average Bonchev–Trinajstić information content (AvgIpc) is 3.73. The standard InChI is InChI=1S/C29H30FN3O5/c1-17-15-31(12-13-32(17)18(2)34)27-24(30)14-22-26(29(27)38-3)33(20-7-8-20)16-23(28(22)37)25(36)11-6-19-4-9-21(35)10-5-19/h4-6,9-11,14,16-17,20,35H,7-8,12-13,15H2,1-3H3. The van der Waals surface area contributed by atoms with E-state index in [1.807, 2.05) is 16.4 Å². The summed E-state index contributed by atoms with van der Waals surface area (Å²) in [4.78, 5) is 42.2. The Bertz CT molecular complexity index is 1510. The third-order valence-electron chi connectivity index (χ3n) is 7.28. The number of carbonyl (C=O) groups excluding carboxylic acids is 2. The number of piperazine rings is 1. The van der Waals surface area contributed by atoms with Gasteiger partial charge < -0.3 is 24.2 Å². The van der Waals surface area contributed by atoms with Crippen LogP contribution in [0.25, 0.3) is 17.0 Å². The first-order chi connectivity index (χ1) is 18.2. The van der Waals surface area contributed by atoms with Crippen LogP contribution in [-0.4, -0.2) is 59.0 Å². The van der Waals surface area contributed by atoms with Crippen LogP contribution in [0.2, 0.25) is 0 Å². The SMILES string of the molecule is COc1c(N2CCN(C(C)=O)C(C)C2)c(F)cc2c(=O)c(C(=O)C=Cc3ccc(O)cc3)cn(C3CC3)c12. The van der Waals surface area contributed by atoms with Crippen molar-refractivity contribution in [3.8, 4) is 11.5 Å². The van der Waals surface area contributed by atoms with Gasteiger partial charge in [-0.05, 0) is 49.6 Å². The zero-order valence-electron chi connectivity index (χ0n) is 21.6. The lowest BCUT2D eigenvalue weighted by Crippen LogP contribution is -2.53. The molecule has 1 aliphatic carbocycles. The van der Waals surface area contributed by atoms with Crippen molar-refractivity contribution >= 4 is 34.4 Å². The zero-order valence-corrected chi connectivity index (χ0v) is 21.6. The molecule has 2 fully saturated rings. The van der Waals surface area contributed by atoms with Crippen molar-refractivity contribution in [1.82, 2.24) is 9.47 Å². The number of phenols is 1. The number of hydrogen-bond donors (Lipinski definition) is 1. The molecular formula is C29H30FN3O5. The van der Waals surface area contributed by atoms with E-state index in [4.69, 9.17) is 4.74 Å². The molecule has 9 heteroatoms. The fraction of sp³-hybridized carbons (Fsp3) is 0.345. The Kier molecular flexibility index (Phi) is 6.69. The second kappa shape index (κ2) is 9.96. The number of anilines is 1. The van der Waals surface area contributed by atoms with Crippen LogP contribution in [0.5, 0.6) is 11.5 Å². The van der Waals surface area contributed by atoms with Gasteiger partial charge in [0.25, 0.3) is 0 Å². The maximum atomic E-state index is 15.7. The Morgan fingerprint density at radius 2 is 1.87 bits per heavy atom. The summed E-state index contributed by atoms with van der Waals surface area (Å²) >= 11 is 0. The van der Waals surface area contributed by atoms with Crippen LogP contribution in [-0.2, 0) is 4.79 Å². The number of amides is 1. The molecule has 0 radical (unpaired) electrons. The number of rotatable bonds is 6. The third kappa shape index (κ3) is 4.64. The number of hydrogen-bond acceptors (Lipinski definition) is 6. The summed E-state index contributed by atoms with van der Waals surface area (Å²) in [5.74, 6) is -0.757. The van der Waals surface area contributed by atoms with Crippen molar-refractivity contribution in [3.63, 3.8) is 0 Å². The molecule has 1 saturated heterocycles. The van der Waals surface area contributed by atoms with E-state index in [0.29, 0.717) is 30.7 Å². The number of pyridine rings is 1. The van der Waals surface area contributed by atoms with E-state index >= 15 is 4.39 Å². The quantitative estimate of drug-likeness (QED) is 0.389. The number of phenolic OH excluding ortho intramolecular Hbond substituents is 1. The number of ketones is 1. The van der Waals surface area contributed by atoms with Crippen LogP contribution in [0.3, 0.4) is 0 Å². The third-order valence-corrected chi connectivity index (χ3v) is 7.28. The van der Waals surface area contributed by atoms with Crippen LogP contribution in [0.15, 0.2) is 47.4 Å². The number of aromatic hydroxyl groups is 1. The minimum Gasteiger partial charge on any atom is -0.508 e. The van der Waals surface area contributed by atoms with Gasteiger partial charge in [0.2, 0.25) is 11.3 Å². The Morgan fingerprint density at radius 3 is 2.47 bits per heavy atom. The van der Waals surface area contributed by atoms with Crippen molar-refractivity contribution in [2.45, 2.75) is 38.8 Å². The van der Waals surface area contributed by atoms with Gasteiger partial charge in [-0.1, -0.05) is 18.2 Å². The lowest BCUT2D eigenvalue weighted by Gasteiger charge is -2.41. The number of benzene rings is 2. The Labute approximate surface area is 219 Å². The first-order valence-electron chi connectivity index (χ1n) is 12.7. The highest BCUT2D eigenvalue weighted by Gasteiger charge is 2.33. The number of halogens is 1. The Balaban J connectivity index is 1.60. The molecule has 5 rings (SSSR count). The van der Waals surface area contributed by atoms with Gasteiger partial charge in [-0.25, -0.2) is 4.39 Å². The highest BCUT2D eigenvalue weighted by Crippen LogP contribution is 2.44. The number of carbonyl (C=O) groups is 2. The monoisotopic (exact) mass is 519 g/mol. The fourth-order valence-electron chi connectivity index (χ4n) is 5.22. The van der Waals surface area contributed by atoms with Crippen molar-refractivity contribution in [2.75, 3.05) is 31.6 Å². The van der Waals surface area contributed by atoms with Crippen LogP contribution >= 0.6 is 0 Å². The molecule has 1 aliphatic heterocycles. The summed E-state index contributed by atoms with van der Waals surface area (Å²) < 4.78 is 23.3. The van der Waals surface area contributed by atoms with E-state index in [-0.39, 0.29) is 46.1 Å². The lowest BCUT2D eigenvalue weighted by molar-refractivity contribution is -0.131. The fourth-order valence-corrected chi connectivity index (χ4v) is 5.22. The van der Waals surface area contributed by atoms with Gasteiger partial charge >= 0.3 is 0 Å². The second-order valence-corrected chi connectivity index (χ2v) is 9.94. The highest BCUT2D eigenvalue weighted by atomic mass is 19.1. The van der Waals surface area contributed by atoms with E-state index in [0.717, 1.165) is 12.8 Å². The van der Waals surface area contributed by atoms with Gasteiger partial charge in [0.05, 0.1) is 23.6 Å². The summed E-state index contributed by atoms with van der Waals surface area (Å²) in [5.41, 5.74) is 0.816. The number of allylic oxidation sites excluding steroid dienone is 1. The van der Waals surface area contributed by atoms with Gasteiger partial charge in [-0.2, -0.15) is 0 Å². The molecule has 3 aromatic rings. The molecule has 1 N–H and O–H groups in total. The predicted molar refractivity (Wildman–Crippen MR) is 144 cm³/mol. The molecular weight excluding hydrogens is 489 g/mol. The zero-order chi connectivity index (χ0) is 27.1. The molecule has 2 aromatic carbocycles. The second-order valence-electron chi connectivity index (χ2n) is 9.94. The molecule has 1 unspecified atom stereocenters. The molecule has 8 nitrogen and oxygen atoms in total. The van der Waals surface area contributed by atoms with E-state index in [1.165, 1.54) is 38.3 Å². The van der Waals surface area contributed by atoms with E-state index in [9.17, 15) is 19.5 Å². The summed E-state index contributed by atoms with van der Waals surface area (Å²) in [6, 6.07) is 7.48. The first-order valence-corrected chi connectivity index (χ1v) is 12.7. The van der Waals surface area contributed by atoms with Gasteiger partial charge in [0.15, 0.2) is 17.3 Å². The Hall–Kier alpha value is -4.14. The number of nitrogens with zero attached hydrogens (tertiary/aromatic N) is 3. The lowest BCUT2D eigenvalue weighted by atomic mass is 10.0. The van der Waals surface area contributed by atoms with Crippen molar-refractivity contribution in [3.05, 3.63) is 69.8 Å². The molecule has 1 aromatic heterocycles. The predicted octanol–water partition coefficient (Wildman–Crippen LogP) is 4.14.